The van der Waals surface area contributed by atoms with Gasteiger partial charge in [0.1, 0.15) is 17.4 Å². The minimum atomic E-state index is -0.247. The highest BCUT2D eigenvalue weighted by molar-refractivity contribution is 5.26. The van der Waals surface area contributed by atoms with Crippen molar-refractivity contribution in [2.75, 3.05) is 0 Å². The maximum atomic E-state index is 13.1. The van der Waals surface area contributed by atoms with E-state index >= 15 is 0 Å². The van der Waals surface area contributed by atoms with Crippen molar-refractivity contribution in [2.24, 2.45) is 7.05 Å². The van der Waals surface area contributed by atoms with Gasteiger partial charge in [-0.15, -0.1) is 0 Å². The van der Waals surface area contributed by atoms with E-state index in [0.717, 1.165) is 17.1 Å². The monoisotopic (exact) mass is 285 g/mol. The summed E-state index contributed by atoms with van der Waals surface area (Å²) in [5.74, 6) is 1.47. The lowest BCUT2D eigenvalue weighted by Crippen LogP contribution is -2.24. The Bertz CT molecular complexity index is 689. The van der Waals surface area contributed by atoms with E-state index in [1.54, 1.807) is 24.6 Å². The van der Waals surface area contributed by atoms with Crippen LogP contribution in [0.2, 0.25) is 0 Å². The first-order valence-electron chi connectivity index (χ1n) is 6.72. The Morgan fingerprint density at radius 3 is 2.71 bits per heavy atom. The number of nitrogens with zero attached hydrogens (tertiary/aromatic N) is 2. The number of hydrogen-bond donors (Lipinski definition) is 1. The van der Waals surface area contributed by atoms with Crippen molar-refractivity contribution in [3.05, 3.63) is 78.0 Å². The summed E-state index contributed by atoms with van der Waals surface area (Å²) in [6.07, 6.45) is 5.28. The van der Waals surface area contributed by atoms with Crippen LogP contribution in [-0.2, 0) is 13.6 Å². The van der Waals surface area contributed by atoms with Crippen molar-refractivity contribution >= 4 is 0 Å². The van der Waals surface area contributed by atoms with Gasteiger partial charge >= 0.3 is 0 Å². The summed E-state index contributed by atoms with van der Waals surface area (Å²) < 4.78 is 20.4. The second kappa shape index (κ2) is 5.93. The van der Waals surface area contributed by atoms with E-state index in [1.807, 2.05) is 29.9 Å². The maximum absolute atomic E-state index is 13.1. The van der Waals surface area contributed by atoms with Gasteiger partial charge in [-0.25, -0.2) is 9.37 Å². The van der Waals surface area contributed by atoms with Crippen LogP contribution in [0.4, 0.5) is 4.39 Å². The Kier molecular flexibility index (Phi) is 3.83. The Hall–Kier alpha value is -2.40. The number of imidazole rings is 1. The molecule has 0 aliphatic carbocycles. The molecule has 0 saturated carbocycles. The fourth-order valence-corrected chi connectivity index (χ4v) is 2.28. The molecule has 0 bridgehead atoms. The zero-order valence-corrected chi connectivity index (χ0v) is 11.7. The highest BCUT2D eigenvalue weighted by Crippen LogP contribution is 2.21. The second-order valence-corrected chi connectivity index (χ2v) is 4.84. The molecule has 0 amide bonds. The summed E-state index contributed by atoms with van der Waals surface area (Å²) in [5, 5.41) is 3.40. The zero-order valence-electron chi connectivity index (χ0n) is 11.7. The molecule has 0 saturated heterocycles. The van der Waals surface area contributed by atoms with Gasteiger partial charge in [0.25, 0.3) is 0 Å². The molecule has 21 heavy (non-hydrogen) atoms. The first-order chi connectivity index (χ1) is 10.2. The smallest absolute Gasteiger partial charge is 0.130 e. The zero-order chi connectivity index (χ0) is 14.7. The molecule has 0 spiro atoms. The SMILES string of the molecule is Cn1ccnc1[C@H](NCc1ccco1)c1ccc(F)cc1. The van der Waals surface area contributed by atoms with Gasteiger partial charge in [0.15, 0.2) is 0 Å². The van der Waals surface area contributed by atoms with Gasteiger partial charge in [-0.3, -0.25) is 5.32 Å². The number of aromatic nitrogens is 2. The van der Waals surface area contributed by atoms with E-state index in [-0.39, 0.29) is 11.9 Å². The summed E-state index contributed by atoms with van der Waals surface area (Å²) >= 11 is 0. The molecule has 2 heterocycles. The van der Waals surface area contributed by atoms with Crippen LogP contribution in [0.25, 0.3) is 0 Å². The van der Waals surface area contributed by atoms with Gasteiger partial charge in [0, 0.05) is 19.4 Å². The number of aryl methyl sites for hydroxylation is 1. The molecule has 4 nitrogen and oxygen atoms in total. The summed E-state index contributed by atoms with van der Waals surface area (Å²) in [6, 6.07) is 10.1. The number of hydrogen-bond acceptors (Lipinski definition) is 3. The number of nitrogens with one attached hydrogen (secondary N) is 1. The summed E-state index contributed by atoms with van der Waals surface area (Å²) in [6.45, 7) is 0.571. The van der Waals surface area contributed by atoms with Crippen molar-refractivity contribution in [3.63, 3.8) is 0 Å². The predicted octanol–water partition coefficient (Wildman–Crippen LogP) is 3.03. The lowest BCUT2D eigenvalue weighted by molar-refractivity contribution is 0.459. The van der Waals surface area contributed by atoms with Crippen LogP contribution in [0.1, 0.15) is 23.2 Å². The van der Waals surface area contributed by atoms with Crippen molar-refractivity contribution in [2.45, 2.75) is 12.6 Å². The van der Waals surface area contributed by atoms with Crippen LogP contribution >= 0.6 is 0 Å². The molecule has 0 radical (unpaired) electrons. The molecule has 1 atom stereocenters. The van der Waals surface area contributed by atoms with E-state index in [4.69, 9.17) is 4.42 Å². The number of furan rings is 1. The third kappa shape index (κ3) is 3.03. The van der Waals surface area contributed by atoms with Gasteiger partial charge in [0.2, 0.25) is 0 Å². The molecule has 1 N–H and O–H groups in total. The van der Waals surface area contributed by atoms with Crippen molar-refractivity contribution in [3.8, 4) is 0 Å². The quantitative estimate of drug-likeness (QED) is 0.783. The lowest BCUT2D eigenvalue weighted by atomic mass is 10.1. The fraction of sp³-hybridized carbons (Fsp3) is 0.188. The van der Waals surface area contributed by atoms with Crippen LogP contribution in [0, 0.1) is 5.82 Å². The third-order valence-corrected chi connectivity index (χ3v) is 3.38. The topological polar surface area (TPSA) is 43.0 Å². The normalized spacial score (nSPS) is 12.5. The fourth-order valence-electron chi connectivity index (χ4n) is 2.28. The van der Waals surface area contributed by atoms with Crippen LogP contribution < -0.4 is 5.32 Å². The van der Waals surface area contributed by atoms with Crippen molar-refractivity contribution in [1.82, 2.24) is 14.9 Å². The van der Waals surface area contributed by atoms with E-state index in [9.17, 15) is 4.39 Å². The molecule has 0 unspecified atom stereocenters. The summed E-state index contributed by atoms with van der Waals surface area (Å²) in [4.78, 5) is 4.39. The van der Waals surface area contributed by atoms with Gasteiger partial charge in [0.05, 0.1) is 18.8 Å². The van der Waals surface area contributed by atoms with Crippen LogP contribution in [0.5, 0.6) is 0 Å². The molecule has 0 fully saturated rings. The molecule has 1 aromatic carbocycles. The average Bonchev–Trinajstić information content (AvgIpc) is 3.13. The van der Waals surface area contributed by atoms with E-state index in [1.165, 1.54) is 12.1 Å². The summed E-state index contributed by atoms with van der Waals surface area (Å²) in [5.41, 5.74) is 0.956. The lowest BCUT2D eigenvalue weighted by Gasteiger charge is -2.18. The Labute approximate surface area is 122 Å². The maximum Gasteiger partial charge on any atom is 0.130 e. The van der Waals surface area contributed by atoms with Crippen LogP contribution in [0.3, 0.4) is 0 Å². The molecular weight excluding hydrogens is 269 g/mol. The predicted molar refractivity (Wildman–Crippen MR) is 77.0 cm³/mol. The van der Waals surface area contributed by atoms with Crippen LogP contribution in [0.15, 0.2) is 59.5 Å². The minimum Gasteiger partial charge on any atom is -0.468 e. The molecule has 5 heteroatoms. The molecule has 0 aliphatic heterocycles. The molecule has 108 valence electrons. The number of halogens is 1. The molecule has 3 rings (SSSR count). The van der Waals surface area contributed by atoms with Crippen LogP contribution in [-0.4, -0.2) is 9.55 Å². The Morgan fingerprint density at radius 2 is 2.10 bits per heavy atom. The average molecular weight is 285 g/mol. The van der Waals surface area contributed by atoms with E-state index in [2.05, 4.69) is 10.3 Å². The van der Waals surface area contributed by atoms with Gasteiger partial charge in [-0.2, -0.15) is 0 Å². The Morgan fingerprint density at radius 1 is 1.29 bits per heavy atom. The van der Waals surface area contributed by atoms with E-state index < -0.39 is 0 Å². The standard InChI is InChI=1S/C16H16FN3O/c1-20-9-8-18-16(20)15(12-4-6-13(17)7-5-12)19-11-14-3-2-10-21-14/h2-10,15,19H,11H2,1H3/t15-/m1/s1. The largest absolute Gasteiger partial charge is 0.468 e. The number of benzene rings is 1. The first kappa shape index (κ1) is 13.6. The van der Waals surface area contributed by atoms with Gasteiger partial charge < -0.3 is 8.98 Å². The van der Waals surface area contributed by atoms with Crippen molar-refractivity contribution in [1.29, 1.82) is 0 Å². The first-order valence-corrected chi connectivity index (χ1v) is 6.72. The highest BCUT2D eigenvalue weighted by Gasteiger charge is 2.18. The molecular formula is C16H16FN3O. The minimum absolute atomic E-state index is 0.129. The molecule has 3 aromatic rings. The highest BCUT2D eigenvalue weighted by atomic mass is 19.1. The number of rotatable bonds is 5. The van der Waals surface area contributed by atoms with Gasteiger partial charge in [-0.05, 0) is 29.8 Å². The third-order valence-electron chi connectivity index (χ3n) is 3.38. The van der Waals surface area contributed by atoms with Crippen molar-refractivity contribution < 1.29 is 8.81 Å². The molecule has 0 aliphatic rings. The second-order valence-electron chi connectivity index (χ2n) is 4.84. The van der Waals surface area contributed by atoms with Gasteiger partial charge in [-0.1, -0.05) is 12.1 Å². The Balaban J connectivity index is 1.87. The summed E-state index contributed by atoms with van der Waals surface area (Å²) in [7, 11) is 1.94. The molecule has 2 aromatic heterocycles. The van der Waals surface area contributed by atoms with E-state index in [0.29, 0.717) is 6.54 Å².